The van der Waals surface area contributed by atoms with Gasteiger partial charge in [0.25, 0.3) is 0 Å². The van der Waals surface area contributed by atoms with Crippen molar-refractivity contribution in [2.24, 2.45) is 29.1 Å². The molecule has 4 aliphatic carbocycles. The van der Waals surface area contributed by atoms with E-state index in [4.69, 9.17) is 4.55 Å². The third-order valence-electron chi connectivity index (χ3n) is 6.52. The summed E-state index contributed by atoms with van der Waals surface area (Å²) in [5.74, 6) is -0.452. The molecule has 0 aliphatic heterocycles. The first-order valence-electron chi connectivity index (χ1n) is 9.03. The van der Waals surface area contributed by atoms with Crippen LogP contribution in [-0.4, -0.2) is 41.5 Å². The third-order valence-corrected chi connectivity index (χ3v) is 7.39. The zero-order chi connectivity index (χ0) is 19.5. The van der Waals surface area contributed by atoms with Crippen LogP contribution in [0.5, 0.6) is 0 Å². The van der Waals surface area contributed by atoms with Crippen LogP contribution in [0.1, 0.15) is 52.4 Å². The summed E-state index contributed by atoms with van der Waals surface area (Å²) in [6.45, 7) is 2.37. The Morgan fingerprint density at radius 1 is 1.23 bits per heavy atom. The number of hydrogen-bond acceptors (Lipinski definition) is 5. The molecule has 0 amide bonds. The molecule has 0 aromatic heterocycles. The number of carbonyl (C=O) groups excluding carboxylic acids is 1. The Morgan fingerprint density at radius 3 is 2.23 bits per heavy atom. The maximum atomic E-state index is 13.4. The van der Waals surface area contributed by atoms with Crippen LogP contribution in [0.2, 0.25) is 0 Å². The summed E-state index contributed by atoms with van der Waals surface area (Å²) >= 11 is 0. The van der Waals surface area contributed by atoms with E-state index >= 15 is 0 Å². The second kappa shape index (κ2) is 6.10. The maximum absolute atomic E-state index is 13.4. The Kier molecular flexibility index (Phi) is 4.68. The van der Waals surface area contributed by atoms with E-state index in [1.54, 1.807) is 0 Å². The molecule has 26 heavy (non-hydrogen) atoms. The lowest BCUT2D eigenvalue weighted by atomic mass is 9.43. The monoisotopic (exact) mass is 396 g/mol. The van der Waals surface area contributed by atoms with Crippen LogP contribution >= 0.6 is 0 Å². The molecule has 0 spiro atoms. The SMILES string of the molecule is CC(C)CC1(O)C2CC3CC1CC(C(=O)OCC(F)(F)S(=O)(=O)O)(C3)C2. The molecule has 0 heterocycles. The normalized spacial score (nSPS) is 39.4. The van der Waals surface area contributed by atoms with E-state index in [9.17, 15) is 27.1 Å². The Morgan fingerprint density at radius 2 is 1.77 bits per heavy atom. The van der Waals surface area contributed by atoms with Crippen molar-refractivity contribution in [1.82, 2.24) is 0 Å². The number of halogens is 2. The van der Waals surface area contributed by atoms with Gasteiger partial charge in [0.15, 0.2) is 6.61 Å². The van der Waals surface area contributed by atoms with E-state index in [1.165, 1.54) is 0 Å². The molecular weight excluding hydrogens is 370 g/mol. The minimum atomic E-state index is -5.64. The quantitative estimate of drug-likeness (QED) is 0.529. The molecular formula is C17H26F2O6S. The Hall–Kier alpha value is -0.800. The molecule has 4 rings (SSSR count). The first-order valence-corrected chi connectivity index (χ1v) is 10.5. The fraction of sp³-hybridized carbons (Fsp3) is 0.941. The van der Waals surface area contributed by atoms with E-state index in [0.29, 0.717) is 31.6 Å². The maximum Gasteiger partial charge on any atom is 0.402 e. The van der Waals surface area contributed by atoms with Crippen LogP contribution in [0, 0.1) is 29.1 Å². The van der Waals surface area contributed by atoms with Crippen LogP contribution in [-0.2, 0) is 19.6 Å². The van der Waals surface area contributed by atoms with Crippen molar-refractivity contribution < 1.29 is 36.4 Å². The highest BCUT2D eigenvalue weighted by Gasteiger charge is 2.64. The molecule has 2 N–H and O–H groups in total. The van der Waals surface area contributed by atoms with Crippen molar-refractivity contribution in [1.29, 1.82) is 0 Å². The average molecular weight is 396 g/mol. The summed E-state index contributed by atoms with van der Waals surface area (Å²) in [7, 11) is -5.64. The molecule has 4 bridgehead atoms. The van der Waals surface area contributed by atoms with Gasteiger partial charge in [-0.05, 0) is 62.2 Å². The smallest absolute Gasteiger partial charge is 0.402 e. The Balaban J connectivity index is 1.75. The second-order valence-corrected chi connectivity index (χ2v) is 10.4. The summed E-state index contributed by atoms with van der Waals surface area (Å²) in [6.07, 6.45) is 3.54. The minimum Gasteiger partial charge on any atom is -0.458 e. The van der Waals surface area contributed by atoms with Crippen molar-refractivity contribution in [3.63, 3.8) is 0 Å². The van der Waals surface area contributed by atoms with Crippen LogP contribution < -0.4 is 0 Å². The summed E-state index contributed by atoms with van der Waals surface area (Å²) in [6, 6.07) is 0. The van der Waals surface area contributed by atoms with E-state index < -0.39 is 39.0 Å². The highest BCUT2D eigenvalue weighted by Crippen LogP contribution is 2.65. The van der Waals surface area contributed by atoms with Crippen molar-refractivity contribution in [3.8, 4) is 0 Å². The van der Waals surface area contributed by atoms with E-state index in [2.05, 4.69) is 4.74 Å². The van der Waals surface area contributed by atoms with Crippen LogP contribution in [0.25, 0.3) is 0 Å². The number of hydrogen-bond donors (Lipinski definition) is 2. The van der Waals surface area contributed by atoms with E-state index in [1.807, 2.05) is 13.8 Å². The van der Waals surface area contributed by atoms with Gasteiger partial charge in [0.2, 0.25) is 0 Å². The van der Waals surface area contributed by atoms with Crippen molar-refractivity contribution in [2.45, 2.75) is 63.2 Å². The zero-order valence-electron chi connectivity index (χ0n) is 15.0. The van der Waals surface area contributed by atoms with Crippen molar-refractivity contribution in [2.75, 3.05) is 6.61 Å². The number of ether oxygens (including phenoxy) is 1. The topological polar surface area (TPSA) is 101 Å². The lowest BCUT2D eigenvalue weighted by Gasteiger charge is -2.62. The highest BCUT2D eigenvalue weighted by molar-refractivity contribution is 7.86. The molecule has 6 nitrogen and oxygen atoms in total. The standard InChI is InChI=1S/C17H26F2O6S/c1-10(2)5-16(21)12-3-11-4-13(16)8-15(6-11,7-12)14(20)25-9-17(18,19)26(22,23)24/h10-13,21H,3-9H2,1-2H3,(H,22,23,24). The van der Waals surface area contributed by atoms with Gasteiger partial charge in [-0.25, -0.2) is 0 Å². The lowest BCUT2D eigenvalue weighted by molar-refractivity contribution is -0.221. The van der Waals surface area contributed by atoms with Gasteiger partial charge in [-0.1, -0.05) is 13.8 Å². The predicted molar refractivity (Wildman–Crippen MR) is 87.8 cm³/mol. The molecule has 4 saturated carbocycles. The summed E-state index contributed by atoms with van der Waals surface area (Å²) in [4.78, 5) is 12.6. The molecule has 0 aromatic carbocycles. The first kappa shape index (κ1) is 19.9. The molecule has 0 aromatic rings. The van der Waals surface area contributed by atoms with E-state index in [0.717, 1.165) is 12.8 Å². The van der Waals surface area contributed by atoms with Crippen LogP contribution in [0.15, 0.2) is 0 Å². The predicted octanol–water partition coefficient (Wildman–Crippen LogP) is 2.61. The Labute approximate surface area is 152 Å². The van der Waals surface area contributed by atoms with Crippen LogP contribution in [0.4, 0.5) is 8.78 Å². The van der Waals surface area contributed by atoms with Crippen LogP contribution in [0.3, 0.4) is 0 Å². The second-order valence-electron chi connectivity index (χ2n) is 8.90. The summed E-state index contributed by atoms with van der Waals surface area (Å²) < 4.78 is 61.3. The van der Waals surface area contributed by atoms with E-state index in [-0.39, 0.29) is 17.8 Å². The zero-order valence-corrected chi connectivity index (χ0v) is 15.8. The lowest BCUT2D eigenvalue weighted by Crippen LogP contribution is -2.63. The summed E-state index contributed by atoms with van der Waals surface area (Å²) in [5, 5.41) is 6.71. The van der Waals surface area contributed by atoms with Gasteiger partial charge in [0, 0.05) is 0 Å². The number of aliphatic hydroxyl groups is 1. The van der Waals surface area contributed by atoms with Gasteiger partial charge in [0.05, 0.1) is 11.0 Å². The van der Waals surface area contributed by atoms with Gasteiger partial charge >= 0.3 is 21.3 Å². The number of rotatable bonds is 6. The molecule has 4 aliphatic rings. The average Bonchev–Trinajstić information content (AvgIpc) is 2.48. The van der Waals surface area contributed by atoms with Gasteiger partial charge in [-0.2, -0.15) is 17.2 Å². The van der Waals surface area contributed by atoms with Crippen molar-refractivity contribution in [3.05, 3.63) is 0 Å². The fourth-order valence-corrected chi connectivity index (χ4v) is 5.90. The summed E-state index contributed by atoms with van der Waals surface area (Å²) in [5.41, 5.74) is -1.78. The molecule has 150 valence electrons. The number of esters is 1. The van der Waals surface area contributed by atoms with Gasteiger partial charge in [-0.15, -0.1) is 0 Å². The molecule has 2 atom stereocenters. The highest BCUT2D eigenvalue weighted by atomic mass is 32.2. The molecule has 4 fully saturated rings. The molecule has 0 radical (unpaired) electrons. The van der Waals surface area contributed by atoms with Gasteiger partial charge < -0.3 is 9.84 Å². The molecule has 0 saturated heterocycles. The van der Waals surface area contributed by atoms with Gasteiger partial charge in [0.1, 0.15) is 0 Å². The fourth-order valence-electron chi connectivity index (χ4n) is 5.69. The Bertz CT molecular complexity index is 673. The van der Waals surface area contributed by atoms with Gasteiger partial charge in [-0.3, -0.25) is 9.35 Å². The number of alkyl halides is 2. The third kappa shape index (κ3) is 3.16. The largest absolute Gasteiger partial charge is 0.458 e. The molecule has 2 unspecified atom stereocenters. The number of carbonyl (C=O) groups is 1. The van der Waals surface area contributed by atoms with Crippen molar-refractivity contribution >= 4 is 16.1 Å². The molecule has 9 heteroatoms. The first-order chi connectivity index (χ1) is 11.8. The minimum absolute atomic E-state index is 0.0780.